The first-order chi connectivity index (χ1) is 16.9. The molecule has 2 bridgehead atoms. The Bertz CT molecular complexity index is 1430. The lowest BCUT2D eigenvalue weighted by atomic mass is 9.85. The topological polar surface area (TPSA) is 135 Å². The van der Waals surface area contributed by atoms with E-state index in [4.69, 9.17) is 10.7 Å². The molecule has 3 N–H and O–H groups in total. The van der Waals surface area contributed by atoms with Crippen LogP contribution in [0.4, 0.5) is 5.82 Å². The zero-order valence-electron chi connectivity index (χ0n) is 19.6. The normalized spacial score (nSPS) is 21.5. The zero-order valence-corrected chi connectivity index (χ0v) is 19.6. The molecule has 0 radical (unpaired) electrons. The number of Topliss-reactive ketones (excluding diaryl/α,β-unsaturated/α-hetero) is 1. The highest BCUT2D eigenvalue weighted by atomic mass is 16.2. The number of anilines is 1. The Labute approximate surface area is 201 Å². The maximum atomic E-state index is 12.7. The first kappa shape index (κ1) is 21.5. The predicted molar refractivity (Wildman–Crippen MR) is 130 cm³/mol. The molecule has 0 aromatic carbocycles. The summed E-state index contributed by atoms with van der Waals surface area (Å²) in [7, 11) is 0. The van der Waals surface area contributed by atoms with Gasteiger partial charge in [-0.05, 0) is 38.7 Å². The number of rotatable bonds is 4. The molecular weight excluding hydrogens is 444 g/mol. The van der Waals surface area contributed by atoms with E-state index in [1.54, 1.807) is 31.7 Å². The van der Waals surface area contributed by atoms with Crippen molar-refractivity contribution in [3.8, 4) is 22.6 Å². The second-order valence-corrected chi connectivity index (χ2v) is 9.46. The number of nitrogens with one attached hydrogen (secondary N) is 1. The maximum absolute atomic E-state index is 12.7. The van der Waals surface area contributed by atoms with Gasteiger partial charge in [0, 0.05) is 54.6 Å². The Hall–Kier alpha value is -4.08. The third-order valence-electron chi connectivity index (χ3n) is 7.36. The molecule has 1 amide bonds. The summed E-state index contributed by atoms with van der Waals surface area (Å²) in [6.45, 7) is 3.16. The number of nitrogens with zero attached hydrogens (tertiary/aromatic N) is 6. The summed E-state index contributed by atoms with van der Waals surface area (Å²) in [5.74, 6) is 1.03. The first-order valence-corrected chi connectivity index (χ1v) is 11.9. The van der Waals surface area contributed by atoms with E-state index in [2.05, 4.69) is 20.1 Å². The third-order valence-corrected chi connectivity index (χ3v) is 7.36. The minimum atomic E-state index is -0.130. The lowest BCUT2D eigenvalue weighted by Gasteiger charge is -2.38. The van der Waals surface area contributed by atoms with Crippen molar-refractivity contribution >= 4 is 23.2 Å². The molecule has 0 aliphatic carbocycles. The van der Waals surface area contributed by atoms with Crippen LogP contribution in [0.1, 0.15) is 61.5 Å². The molecule has 10 nitrogen and oxygen atoms in total. The van der Waals surface area contributed by atoms with Crippen molar-refractivity contribution in [3.05, 3.63) is 48.2 Å². The number of ketones is 1. The maximum Gasteiger partial charge on any atom is 0.219 e. The molecule has 4 aromatic rings. The van der Waals surface area contributed by atoms with Crippen LogP contribution in [0.5, 0.6) is 0 Å². The molecule has 178 valence electrons. The Morgan fingerprint density at radius 3 is 2.46 bits per heavy atom. The monoisotopic (exact) mass is 470 g/mol. The van der Waals surface area contributed by atoms with E-state index in [9.17, 15) is 9.59 Å². The van der Waals surface area contributed by atoms with Crippen LogP contribution in [0.15, 0.2) is 36.9 Å². The molecule has 2 unspecified atom stereocenters. The predicted octanol–water partition coefficient (Wildman–Crippen LogP) is 3.22. The summed E-state index contributed by atoms with van der Waals surface area (Å²) in [6, 6.07) is 4.20. The van der Waals surface area contributed by atoms with Crippen LogP contribution < -0.4 is 5.73 Å². The molecule has 4 aromatic heterocycles. The molecule has 2 saturated heterocycles. The van der Waals surface area contributed by atoms with Gasteiger partial charge in [-0.1, -0.05) is 6.07 Å². The fraction of sp³-hybridized carbons (Fsp3) is 0.360. The molecule has 2 aliphatic rings. The van der Waals surface area contributed by atoms with Crippen LogP contribution in [0.25, 0.3) is 28.3 Å². The Morgan fingerprint density at radius 2 is 1.86 bits per heavy atom. The summed E-state index contributed by atoms with van der Waals surface area (Å²) in [5.41, 5.74) is 10.6. The number of pyridine rings is 1. The van der Waals surface area contributed by atoms with Gasteiger partial charge in [-0.3, -0.25) is 14.6 Å². The van der Waals surface area contributed by atoms with Crippen LogP contribution in [0.2, 0.25) is 0 Å². The van der Waals surface area contributed by atoms with Gasteiger partial charge in [-0.15, -0.1) is 0 Å². The number of carbonyl (C=O) groups excluding carboxylic acids is 2. The van der Waals surface area contributed by atoms with Crippen molar-refractivity contribution < 1.29 is 9.59 Å². The molecule has 0 saturated carbocycles. The molecule has 6 heterocycles. The van der Waals surface area contributed by atoms with Crippen LogP contribution in [-0.2, 0) is 4.79 Å². The number of amides is 1. The smallest absolute Gasteiger partial charge is 0.219 e. The Morgan fingerprint density at radius 1 is 1.09 bits per heavy atom. The molecule has 6 rings (SSSR count). The second kappa shape index (κ2) is 8.00. The van der Waals surface area contributed by atoms with E-state index in [0.717, 1.165) is 42.5 Å². The number of H-pyrrole nitrogens is 1. The average molecular weight is 471 g/mol. The summed E-state index contributed by atoms with van der Waals surface area (Å²) in [5, 5.41) is 4.45. The lowest BCUT2D eigenvalue weighted by molar-refractivity contribution is -0.133. The van der Waals surface area contributed by atoms with Crippen molar-refractivity contribution in [2.75, 3.05) is 5.73 Å². The quantitative estimate of drug-likeness (QED) is 0.437. The number of aromatic amines is 1. The molecule has 2 fully saturated rings. The molecule has 10 heteroatoms. The van der Waals surface area contributed by atoms with Gasteiger partial charge in [0.25, 0.3) is 0 Å². The summed E-state index contributed by atoms with van der Waals surface area (Å²) in [4.78, 5) is 43.7. The largest absolute Gasteiger partial charge is 0.383 e. The Balaban J connectivity index is 1.44. The number of piperidine rings is 1. The van der Waals surface area contributed by atoms with Gasteiger partial charge in [-0.2, -0.15) is 9.61 Å². The van der Waals surface area contributed by atoms with Crippen LogP contribution in [-0.4, -0.2) is 58.2 Å². The minimum absolute atomic E-state index is 0.0523. The second-order valence-electron chi connectivity index (χ2n) is 9.46. The number of hydrogen-bond acceptors (Lipinski definition) is 7. The molecular formula is C25H26N8O2. The molecule has 0 spiro atoms. The van der Waals surface area contributed by atoms with Gasteiger partial charge >= 0.3 is 0 Å². The van der Waals surface area contributed by atoms with Gasteiger partial charge in [-0.25, -0.2) is 9.97 Å². The number of hydrogen-bond donors (Lipinski definition) is 2. The van der Waals surface area contributed by atoms with Crippen LogP contribution in [0.3, 0.4) is 0 Å². The van der Waals surface area contributed by atoms with E-state index in [1.807, 2.05) is 17.0 Å². The van der Waals surface area contributed by atoms with Gasteiger partial charge in [0.05, 0.1) is 17.5 Å². The highest BCUT2D eigenvalue weighted by Crippen LogP contribution is 2.44. The molecule has 2 aliphatic heterocycles. The SMILES string of the molecule is CC(=O)c1c(C2CC3CCC(C2)N3C(C)=O)nc2c(-c3ccc(-c4ncc[nH]4)nc3)cnn2c1N. The standard InChI is InChI=1S/C25H26N8O2/c1-13(34)21-22(16-9-17-4-5-18(10-16)32(17)14(2)35)31-25-19(12-30-33(25)23(21)26)15-3-6-20(29-11-15)24-27-7-8-28-24/h3,6-8,11-12,16-18H,4-5,9-10,26H2,1-2H3,(H,27,28). The number of nitrogen functional groups attached to an aromatic ring is 1. The average Bonchev–Trinajstić information content (AvgIpc) is 3.57. The van der Waals surface area contributed by atoms with Crippen molar-refractivity contribution in [1.29, 1.82) is 0 Å². The van der Waals surface area contributed by atoms with Crippen molar-refractivity contribution in [3.63, 3.8) is 0 Å². The van der Waals surface area contributed by atoms with E-state index >= 15 is 0 Å². The van der Waals surface area contributed by atoms with Gasteiger partial charge in [0.1, 0.15) is 11.5 Å². The number of imidazole rings is 1. The van der Waals surface area contributed by atoms with Crippen molar-refractivity contribution in [1.82, 2.24) is 34.4 Å². The number of fused-ring (bicyclic) bond motifs is 3. The fourth-order valence-corrected chi connectivity index (χ4v) is 5.91. The summed E-state index contributed by atoms with van der Waals surface area (Å²) < 4.78 is 1.54. The lowest BCUT2D eigenvalue weighted by Crippen LogP contribution is -2.45. The van der Waals surface area contributed by atoms with E-state index in [-0.39, 0.29) is 29.7 Å². The van der Waals surface area contributed by atoms with Crippen LogP contribution >= 0.6 is 0 Å². The van der Waals surface area contributed by atoms with E-state index in [1.165, 1.54) is 11.4 Å². The number of aromatic nitrogens is 6. The van der Waals surface area contributed by atoms with E-state index in [0.29, 0.717) is 28.5 Å². The zero-order chi connectivity index (χ0) is 24.3. The highest BCUT2D eigenvalue weighted by molar-refractivity contribution is 6.00. The van der Waals surface area contributed by atoms with Crippen molar-refractivity contribution in [2.45, 2.75) is 57.5 Å². The van der Waals surface area contributed by atoms with Gasteiger partial charge in [0.15, 0.2) is 17.3 Å². The van der Waals surface area contributed by atoms with Crippen LogP contribution in [0, 0.1) is 0 Å². The Kier molecular flexibility index (Phi) is 4.91. The van der Waals surface area contributed by atoms with Gasteiger partial charge in [0.2, 0.25) is 5.91 Å². The number of nitrogens with two attached hydrogens (primary N) is 1. The highest BCUT2D eigenvalue weighted by Gasteiger charge is 2.44. The first-order valence-electron chi connectivity index (χ1n) is 11.9. The molecule has 35 heavy (non-hydrogen) atoms. The minimum Gasteiger partial charge on any atom is -0.383 e. The summed E-state index contributed by atoms with van der Waals surface area (Å²) in [6.07, 6.45) is 10.4. The van der Waals surface area contributed by atoms with Gasteiger partial charge < -0.3 is 15.6 Å². The fourth-order valence-electron chi connectivity index (χ4n) is 5.91. The van der Waals surface area contributed by atoms with E-state index < -0.39 is 0 Å². The van der Waals surface area contributed by atoms with Crippen molar-refractivity contribution in [2.24, 2.45) is 0 Å². The molecule has 2 atom stereocenters. The number of carbonyl (C=O) groups is 2. The third kappa shape index (κ3) is 3.39. The summed E-state index contributed by atoms with van der Waals surface area (Å²) >= 11 is 0.